The molecule has 0 radical (unpaired) electrons. The lowest BCUT2D eigenvalue weighted by molar-refractivity contribution is -0.137. The van der Waals surface area contributed by atoms with Crippen molar-refractivity contribution in [3.63, 3.8) is 0 Å². The Morgan fingerprint density at radius 3 is 2.14 bits per heavy atom. The lowest BCUT2D eigenvalue weighted by Crippen LogP contribution is -2.08. The molecule has 3 rings (SSSR count). The van der Waals surface area contributed by atoms with Crippen LogP contribution in [0.5, 0.6) is 17.2 Å². The van der Waals surface area contributed by atoms with Gasteiger partial charge in [0.25, 0.3) is 0 Å². The number of hydrogen-bond donors (Lipinski definition) is 0. The number of carbonyl (C=O) groups is 1. The van der Waals surface area contributed by atoms with Crippen molar-refractivity contribution in [2.24, 2.45) is 0 Å². The molecule has 0 N–H and O–H groups in total. The predicted octanol–water partition coefficient (Wildman–Crippen LogP) is 7.54. The largest absolute Gasteiger partial charge is 0.503 e. The minimum atomic E-state index is -4.46. The highest BCUT2D eigenvalue weighted by atomic mass is 35.5. The van der Waals surface area contributed by atoms with Crippen LogP contribution in [0.25, 0.3) is 5.57 Å². The van der Waals surface area contributed by atoms with E-state index in [0.717, 1.165) is 12.1 Å². The molecule has 0 saturated heterocycles. The number of rotatable bonds is 8. The third-order valence-electron chi connectivity index (χ3n) is 4.72. The number of alkyl halides is 3. The summed E-state index contributed by atoms with van der Waals surface area (Å²) in [6.07, 6.45) is -3.17. The maximum Gasteiger partial charge on any atom is 0.416 e. The first-order valence-corrected chi connectivity index (χ1v) is 10.8. The summed E-state index contributed by atoms with van der Waals surface area (Å²) in [7, 11) is 2.68. The van der Waals surface area contributed by atoms with Crippen molar-refractivity contribution >= 4 is 34.7 Å². The Labute approximate surface area is 209 Å². The molecule has 0 spiro atoms. The number of ether oxygens (including phenoxy) is 4. The summed E-state index contributed by atoms with van der Waals surface area (Å²) < 4.78 is 59.5. The van der Waals surface area contributed by atoms with Gasteiger partial charge in [-0.2, -0.15) is 13.2 Å². The zero-order chi connectivity index (χ0) is 25.6. The van der Waals surface area contributed by atoms with Gasteiger partial charge in [-0.25, -0.2) is 4.79 Å². The maximum atomic E-state index is 12.8. The van der Waals surface area contributed by atoms with Crippen LogP contribution in [0.3, 0.4) is 0 Å². The van der Waals surface area contributed by atoms with Gasteiger partial charge in [-0.3, -0.25) is 0 Å². The Balaban J connectivity index is 1.78. The molecule has 10 heteroatoms. The molecule has 3 aromatic rings. The van der Waals surface area contributed by atoms with Crippen LogP contribution in [0.2, 0.25) is 10.0 Å². The highest BCUT2D eigenvalue weighted by molar-refractivity contribution is 6.37. The summed E-state index contributed by atoms with van der Waals surface area (Å²) in [4.78, 5) is 12.2. The molecular weight excluding hydrogens is 508 g/mol. The van der Waals surface area contributed by atoms with Gasteiger partial charge in [0, 0.05) is 12.1 Å². The van der Waals surface area contributed by atoms with Crippen molar-refractivity contribution in [3.05, 3.63) is 93.7 Å². The molecule has 0 aliphatic rings. The van der Waals surface area contributed by atoms with Gasteiger partial charge in [-0.05, 0) is 35.4 Å². The average Bonchev–Trinajstić information content (AvgIpc) is 2.83. The normalized spacial score (nSPS) is 11.7. The first kappa shape index (κ1) is 26.2. The van der Waals surface area contributed by atoms with E-state index >= 15 is 0 Å². The van der Waals surface area contributed by atoms with E-state index in [2.05, 4.69) is 0 Å². The first-order chi connectivity index (χ1) is 16.6. The monoisotopic (exact) mass is 526 g/mol. The standard InChI is InChI=1S/C25H19Cl2F3O5/c1-32-14-20(24(31)33-2)19-6-4-3-5-15(19)13-34-18-11-21(26)23(22(27)12-18)35-17-9-7-16(8-10-17)25(28,29)30/h3-12,14H,13H2,1-2H3. The molecule has 0 atom stereocenters. The molecular formula is C25H19Cl2F3O5. The van der Waals surface area contributed by atoms with E-state index in [1.807, 2.05) is 0 Å². The van der Waals surface area contributed by atoms with E-state index in [0.29, 0.717) is 16.9 Å². The van der Waals surface area contributed by atoms with Gasteiger partial charge >= 0.3 is 12.1 Å². The minimum absolute atomic E-state index is 0.0555. The molecule has 0 aliphatic heterocycles. The zero-order valence-corrected chi connectivity index (χ0v) is 20.0. The minimum Gasteiger partial charge on any atom is -0.503 e. The van der Waals surface area contributed by atoms with Gasteiger partial charge in [-0.15, -0.1) is 0 Å². The smallest absolute Gasteiger partial charge is 0.416 e. The Morgan fingerprint density at radius 1 is 0.943 bits per heavy atom. The molecule has 0 aliphatic carbocycles. The summed E-state index contributed by atoms with van der Waals surface area (Å²) in [6, 6.07) is 14.1. The van der Waals surface area contributed by atoms with Crippen LogP contribution in [0, 0.1) is 0 Å². The number of methoxy groups -OCH3 is 2. The molecule has 35 heavy (non-hydrogen) atoms. The summed E-state index contributed by atoms with van der Waals surface area (Å²) in [6.45, 7) is 0.0555. The molecule has 0 amide bonds. The fourth-order valence-corrected chi connectivity index (χ4v) is 3.61. The van der Waals surface area contributed by atoms with Gasteiger partial charge in [0.2, 0.25) is 0 Å². The summed E-state index contributed by atoms with van der Waals surface area (Å²) in [5.74, 6) is -0.0680. The SMILES string of the molecule is COC=C(C(=O)OC)c1ccccc1COc1cc(Cl)c(Oc2ccc(C(F)(F)F)cc2)c(Cl)c1. The lowest BCUT2D eigenvalue weighted by atomic mass is 10.0. The molecule has 3 aromatic carbocycles. The van der Waals surface area contributed by atoms with E-state index < -0.39 is 17.7 Å². The van der Waals surface area contributed by atoms with Crippen molar-refractivity contribution in [1.82, 2.24) is 0 Å². The zero-order valence-electron chi connectivity index (χ0n) is 18.5. The quantitative estimate of drug-likeness (QED) is 0.172. The second kappa shape index (κ2) is 11.4. The average molecular weight is 527 g/mol. The van der Waals surface area contributed by atoms with E-state index in [4.69, 9.17) is 42.1 Å². The predicted molar refractivity (Wildman–Crippen MR) is 126 cm³/mol. The summed E-state index contributed by atoms with van der Waals surface area (Å²) >= 11 is 12.6. The maximum absolute atomic E-state index is 12.8. The van der Waals surface area contributed by atoms with Gasteiger partial charge in [-0.1, -0.05) is 47.5 Å². The highest BCUT2D eigenvalue weighted by Gasteiger charge is 2.30. The number of hydrogen-bond acceptors (Lipinski definition) is 5. The third-order valence-corrected chi connectivity index (χ3v) is 5.28. The molecule has 184 valence electrons. The van der Waals surface area contributed by atoms with Crippen molar-refractivity contribution in [3.8, 4) is 17.2 Å². The molecule has 5 nitrogen and oxygen atoms in total. The van der Waals surface area contributed by atoms with Gasteiger partial charge in [0.1, 0.15) is 23.7 Å². The van der Waals surface area contributed by atoms with Crippen LogP contribution in [0.1, 0.15) is 16.7 Å². The fraction of sp³-hybridized carbons (Fsp3) is 0.160. The molecule has 0 aromatic heterocycles. The second-order valence-corrected chi connectivity index (χ2v) is 7.86. The number of carbonyl (C=O) groups excluding carboxylic acids is 1. The molecule has 0 saturated carbocycles. The van der Waals surface area contributed by atoms with Crippen LogP contribution in [0.15, 0.2) is 66.9 Å². The van der Waals surface area contributed by atoms with Crippen LogP contribution in [-0.4, -0.2) is 20.2 Å². The molecule has 0 bridgehead atoms. The Hall–Kier alpha value is -3.36. The van der Waals surface area contributed by atoms with Crippen LogP contribution < -0.4 is 9.47 Å². The van der Waals surface area contributed by atoms with E-state index in [1.54, 1.807) is 24.3 Å². The van der Waals surface area contributed by atoms with Gasteiger partial charge in [0.15, 0.2) is 5.75 Å². The first-order valence-electron chi connectivity index (χ1n) is 10.0. The Bertz CT molecular complexity index is 1200. The van der Waals surface area contributed by atoms with Gasteiger partial charge in [0.05, 0.1) is 36.1 Å². The number of halogens is 5. The highest BCUT2D eigenvalue weighted by Crippen LogP contribution is 2.40. The Kier molecular flexibility index (Phi) is 8.53. The summed E-state index contributed by atoms with van der Waals surface area (Å²) in [5, 5.41) is 0.186. The topological polar surface area (TPSA) is 54.0 Å². The third kappa shape index (κ3) is 6.61. The van der Waals surface area contributed by atoms with Crippen molar-refractivity contribution in [2.45, 2.75) is 12.8 Å². The number of esters is 1. The van der Waals surface area contributed by atoms with Gasteiger partial charge < -0.3 is 18.9 Å². The van der Waals surface area contributed by atoms with Crippen molar-refractivity contribution < 1.29 is 36.9 Å². The van der Waals surface area contributed by atoms with Crippen LogP contribution >= 0.6 is 23.2 Å². The molecule has 0 unspecified atom stereocenters. The number of benzene rings is 3. The van der Waals surface area contributed by atoms with Crippen LogP contribution in [-0.2, 0) is 27.1 Å². The Morgan fingerprint density at radius 2 is 1.57 bits per heavy atom. The fourth-order valence-electron chi connectivity index (χ4n) is 3.07. The molecule has 0 fully saturated rings. The van der Waals surface area contributed by atoms with E-state index in [-0.39, 0.29) is 33.7 Å². The van der Waals surface area contributed by atoms with Crippen LogP contribution in [0.4, 0.5) is 13.2 Å². The second-order valence-electron chi connectivity index (χ2n) is 7.04. The lowest BCUT2D eigenvalue weighted by Gasteiger charge is -2.15. The van der Waals surface area contributed by atoms with Crippen molar-refractivity contribution in [2.75, 3.05) is 14.2 Å². The summed E-state index contributed by atoms with van der Waals surface area (Å²) in [5.41, 5.74) is 0.631. The van der Waals surface area contributed by atoms with Crippen molar-refractivity contribution in [1.29, 1.82) is 0 Å². The van der Waals surface area contributed by atoms with E-state index in [9.17, 15) is 18.0 Å². The van der Waals surface area contributed by atoms with E-state index in [1.165, 1.54) is 44.7 Å². The molecule has 0 heterocycles.